The highest BCUT2D eigenvalue weighted by atomic mass is 79.9. The molecular formula is C26H24BrF3N4O4S. The van der Waals surface area contributed by atoms with Crippen LogP contribution in [0.4, 0.5) is 18.9 Å². The Morgan fingerprint density at radius 2 is 1.95 bits per heavy atom. The van der Waals surface area contributed by atoms with Crippen molar-refractivity contribution < 1.29 is 30.8 Å². The molecule has 2 aromatic carbocycles. The van der Waals surface area contributed by atoms with Gasteiger partial charge in [-0.1, -0.05) is 31.5 Å². The van der Waals surface area contributed by atoms with Gasteiger partial charge in [-0.3, -0.25) is 9.52 Å². The molecule has 1 fully saturated rings. The van der Waals surface area contributed by atoms with Crippen LogP contribution < -0.4 is 10.5 Å². The fraction of sp³-hybridized carbons (Fsp3) is 0.308. The number of carbonyl (C=O) groups is 1. The number of alkyl halides is 3. The highest BCUT2D eigenvalue weighted by molar-refractivity contribution is 9.10. The maximum Gasteiger partial charge on any atom is 0.516 e. The first-order valence-electron chi connectivity index (χ1n) is 12.2. The number of hydrogen-bond acceptors (Lipinski definition) is 5. The number of furan rings is 1. The molecule has 13 heteroatoms. The second-order valence-corrected chi connectivity index (χ2v) is 11.8. The van der Waals surface area contributed by atoms with Crippen LogP contribution in [0.3, 0.4) is 0 Å². The van der Waals surface area contributed by atoms with Crippen molar-refractivity contribution in [3.63, 3.8) is 0 Å². The lowest BCUT2D eigenvalue weighted by Gasteiger charge is -2.24. The van der Waals surface area contributed by atoms with Crippen molar-refractivity contribution in [3.8, 4) is 11.3 Å². The van der Waals surface area contributed by atoms with Gasteiger partial charge in [0.1, 0.15) is 17.1 Å². The highest BCUT2D eigenvalue weighted by Gasteiger charge is 2.46. The molecule has 1 aliphatic rings. The van der Waals surface area contributed by atoms with E-state index in [4.69, 9.17) is 15.1 Å². The maximum atomic E-state index is 13.0. The third kappa shape index (κ3) is 4.93. The Morgan fingerprint density at radius 1 is 1.23 bits per heavy atom. The van der Waals surface area contributed by atoms with Gasteiger partial charge >= 0.3 is 15.5 Å². The van der Waals surface area contributed by atoms with Gasteiger partial charge in [0.05, 0.1) is 15.9 Å². The molecule has 1 amide bonds. The molecule has 39 heavy (non-hydrogen) atoms. The average Bonchev–Trinajstić information content (AvgIpc) is 3.35. The van der Waals surface area contributed by atoms with Gasteiger partial charge < -0.3 is 14.7 Å². The van der Waals surface area contributed by atoms with E-state index in [1.54, 1.807) is 16.9 Å². The van der Waals surface area contributed by atoms with Gasteiger partial charge in [0.15, 0.2) is 5.76 Å². The lowest BCUT2D eigenvalue weighted by molar-refractivity contribution is -0.0429. The minimum absolute atomic E-state index is 0.124. The molecule has 5 rings (SSSR count). The van der Waals surface area contributed by atoms with E-state index in [1.807, 2.05) is 23.6 Å². The number of fused-ring (bicyclic) bond motifs is 1. The number of sulfonamides is 1. The van der Waals surface area contributed by atoms with E-state index in [9.17, 15) is 26.4 Å². The van der Waals surface area contributed by atoms with Crippen molar-refractivity contribution >= 4 is 48.5 Å². The van der Waals surface area contributed by atoms with Crippen LogP contribution in [0.2, 0.25) is 0 Å². The lowest BCUT2D eigenvalue weighted by atomic mass is 9.82. The summed E-state index contributed by atoms with van der Waals surface area (Å²) < 4.78 is 72.3. The molecule has 0 aliphatic heterocycles. The first kappa shape index (κ1) is 27.3. The number of amides is 1. The number of carbonyl (C=O) groups excluding carboxylic acids is 1. The number of nitrogens with zero attached hydrogens (tertiary/aromatic N) is 2. The Morgan fingerprint density at radius 3 is 2.56 bits per heavy atom. The summed E-state index contributed by atoms with van der Waals surface area (Å²) in [4.78, 5) is 17.2. The van der Waals surface area contributed by atoms with Crippen LogP contribution >= 0.6 is 15.9 Å². The third-order valence-electron chi connectivity index (χ3n) is 6.87. The molecule has 0 atom stereocenters. The lowest BCUT2D eigenvalue weighted by Crippen LogP contribution is -2.30. The average molecular weight is 625 g/mol. The van der Waals surface area contributed by atoms with Crippen LogP contribution in [0.1, 0.15) is 59.7 Å². The molecule has 8 nitrogen and oxygen atoms in total. The van der Waals surface area contributed by atoms with Gasteiger partial charge in [-0.2, -0.15) is 21.6 Å². The molecule has 1 saturated carbocycles. The zero-order valence-electron chi connectivity index (χ0n) is 20.7. The zero-order valence-corrected chi connectivity index (χ0v) is 23.1. The number of rotatable bonds is 8. The van der Waals surface area contributed by atoms with Crippen LogP contribution in [0.5, 0.6) is 0 Å². The van der Waals surface area contributed by atoms with Gasteiger partial charge in [-0.25, -0.2) is 4.98 Å². The second-order valence-electron chi connectivity index (χ2n) is 9.37. The molecule has 1 aliphatic carbocycles. The third-order valence-corrected chi connectivity index (χ3v) is 8.75. The van der Waals surface area contributed by atoms with Gasteiger partial charge in [0.25, 0.3) is 5.91 Å². The van der Waals surface area contributed by atoms with Crippen molar-refractivity contribution in [2.24, 2.45) is 5.73 Å². The van der Waals surface area contributed by atoms with Crippen molar-refractivity contribution in [2.75, 3.05) is 4.72 Å². The quantitative estimate of drug-likeness (QED) is 0.238. The minimum Gasteiger partial charge on any atom is -0.455 e. The van der Waals surface area contributed by atoms with E-state index in [0.717, 1.165) is 36.3 Å². The second kappa shape index (κ2) is 10.0. The zero-order chi connectivity index (χ0) is 28.1. The summed E-state index contributed by atoms with van der Waals surface area (Å²) in [5, 5.41) is 0.619. The van der Waals surface area contributed by atoms with Gasteiger partial charge in [-0.15, -0.1) is 0 Å². The highest BCUT2D eigenvalue weighted by Crippen LogP contribution is 2.42. The Bertz CT molecular complexity index is 1690. The molecule has 4 aromatic rings. The largest absolute Gasteiger partial charge is 0.516 e. The fourth-order valence-electron chi connectivity index (χ4n) is 4.73. The first-order chi connectivity index (χ1) is 18.4. The molecule has 0 unspecified atom stereocenters. The summed E-state index contributed by atoms with van der Waals surface area (Å²) >= 11 is 3.48. The fourth-order valence-corrected chi connectivity index (χ4v) is 5.91. The smallest absolute Gasteiger partial charge is 0.455 e. The summed E-state index contributed by atoms with van der Waals surface area (Å²) in [6, 6.07) is 11.0. The molecule has 0 bridgehead atoms. The monoisotopic (exact) mass is 624 g/mol. The van der Waals surface area contributed by atoms with Crippen LogP contribution in [-0.4, -0.2) is 29.4 Å². The molecule has 0 radical (unpaired) electrons. The van der Waals surface area contributed by atoms with Crippen LogP contribution in [-0.2, 0) is 23.0 Å². The minimum atomic E-state index is -5.64. The molecule has 0 spiro atoms. The van der Waals surface area contributed by atoms with E-state index in [0.29, 0.717) is 34.1 Å². The van der Waals surface area contributed by atoms with Crippen molar-refractivity contribution in [1.82, 2.24) is 9.55 Å². The summed E-state index contributed by atoms with van der Waals surface area (Å²) in [6.07, 6.45) is 3.64. The molecule has 3 N–H and O–H groups in total. The van der Waals surface area contributed by atoms with E-state index in [-0.39, 0.29) is 22.9 Å². The SMILES string of the molecule is CCc1nc(C2CCC2)c(C(N)=O)n1Cc1ccc2oc(-c3ccccc3NS(=O)(=O)C(F)(F)F)c(Br)c2c1. The number of nitrogens with one attached hydrogen (secondary N) is 1. The van der Waals surface area contributed by atoms with Crippen LogP contribution in [0.25, 0.3) is 22.3 Å². The molecule has 2 heterocycles. The summed E-state index contributed by atoms with van der Waals surface area (Å²) in [5.74, 6) is 0.602. The standard InChI is InChI=1S/C26H24BrF3N4O4S/c1-2-20-32-22(15-6-5-7-15)23(25(31)35)34(20)13-14-10-11-19-17(12-14)21(27)24(38-19)16-8-3-4-9-18(16)33-39(36,37)26(28,29)30/h3-4,8-12,15,33H,2,5-7,13H2,1H3,(H2,31,35). The first-order valence-corrected chi connectivity index (χ1v) is 14.5. The summed E-state index contributed by atoms with van der Waals surface area (Å²) in [7, 11) is -5.64. The molecule has 2 aromatic heterocycles. The van der Waals surface area contributed by atoms with Gasteiger partial charge in [0.2, 0.25) is 0 Å². The molecule has 206 valence electrons. The number of halogens is 4. The Hall–Kier alpha value is -3.32. The van der Waals surface area contributed by atoms with E-state index in [1.165, 1.54) is 18.2 Å². The van der Waals surface area contributed by atoms with Crippen molar-refractivity contribution in [1.29, 1.82) is 0 Å². The number of para-hydroxylation sites is 1. The number of hydrogen-bond donors (Lipinski definition) is 2. The van der Waals surface area contributed by atoms with Crippen LogP contribution in [0.15, 0.2) is 51.4 Å². The molecular weight excluding hydrogens is 601 g/mol. The number of imidazole rings is 1. The number of benzene rings is 2. The predicted molar refractivity (Wildman–Crippen MR) is 144 cm³/mol. The van der Waals surface area contributed by atoms with Crippen molar-refractivity contribution in [2.45, 2.75) is 50.6 Å². The summed E-state index contributed by atoms with van der Waals surface area (Å²) in [6.45, 7) is 2.28. The van der Waals surface area contributed by atoms with Crippen LogP contribution in [0, 0.1) is 0 Å². The maximum absolute atomic E-state index is 13.0. The summed E-state index contributed by atoms with van der Waals surface area (Å²) in [5.41, 5.74) is 2.55. The Balaban J connectivity index is 1.54. The number of aryl methyl sites for hydroxylation is 1. The van der Waals surface area contributed by atoms with E-state index >= 15 is 0 Å². The van der Waals surface area contributed by atoms with Gasteiger partial charge in [0, 0.05) is 29.8 Å². The Labute approximate surface area is 230 Å². The number of anilines is 1. The van der Waals surface area contributed by atoms with Gasteiger partial charge in [-0.05, 0) is 58.6 Å². The predicted octanol–water partition coefficient (Wildman–Crippen LogP) is 6.30. The number of primary amides is 1. The Kier molecular flexibility index (Phi) is 7.00. The van der Waals surface area contributed by atoms with Crippen molar-refractivity contribution in [3.05, 3.63) is 69.7 Å². The van der Waals surface area contributed by atoms with E-state index in [2.05, 4.69) is 15.9 Å². The molecule has 0 saturated heterocycles. The van der Waals surface area contributed by atoms with E-state index < -0.39 is 21.4 Å². The normalized spacial score (nSPS) is 14.5. The topological polar surface area (TPSA) is 120 Å². The number of aromatic nitrogens is 2. The number of nitrogens with two attached hydrogens (primary N) is 1.